The first-order valence-electron chi connectivity index (χ1n) is 3.30. The smallest absolute Gasteiger partial charge is 0.211 e. The van der Waals surface area contributed by atoms with E-state index in [1.807, 2.05) is 0 Å². The van der Waals surface area contributed by atoms with Gasteiger partial charge in [0.25, 0.3) is 0 Å². The Morgan fingerprint density at radius 2 is 2.55 bits per heavy atom. The molecule has 1 rings (SSSR count). The predicted octanol–water partition coefficient (Wildman–Crippen LogP) is 1.89. The normalized spacial score (nSPS) is 29.1. The summed E-state index contributed by atoms with van der Waals surface area (Å²) in [4.78, 5) is 13.5. The van der Waals surface area contributed by atoms with Crippen molar-refractivity contribution >= 4 is 6.08 Å². The van der Waals surface area contributed by atoms with Crippen molar-refractivity contribution in [1.29, 1.82) is 0 Å². The van der Waals surface area contributed by atoms with E-state index in [0.29, 0.717) is 6.42 Å². The molecule has 0 aliphatic heterocycles. The van der Waals surface area contributed by atoms with Crippen LogP contribution >= 0.6 is 0 Å². The first-order valence-corrected chi connectivity index (χ1v) is 3.30. The van der Waals surface area contributed by atoms with Gasteiger partial charge in [-0.1, -0.05) is 6.08 Å². The lowest BCUT2D eigenvalue weighted by Gasteiger charge is -2.18. The molecule has 0 aromatic rings. The second-order valence-electron chi connectivity index (χ2n) is 2.69. The number of nitrogens with zero attached hydrogens (tertiary/aromatic N) is 1. The highest BCUT2D eigenvalue weighted by atomic mass is 19.1. The van der Waals surface area contributed by atoms with Gasteiger partial charge in [-0.05, 0) is 25.5 Å². The summed E-state index contributed by atoms with van der Waals surface area (Å²) in [5.41, 5.74) is -0.586. The minimum absolute atomic E-state index is 0.274. The molecule has 0 bridgehead atoms. The van der Waals surface area contributed by atoms with E-state index in [1.54, 1.807) is 13.0 Å². The van der Waals surface area contributed by atoms with Crippen molar-refractivity contribution in [3.63, 3.8) is 0 Å². The van der Waals surface area contributed by atoms with Crippen LogP contribution in [0.3, 0.4) is 0 Å². The molecule has 58 valence electrons. The number of rotatable bonds is 1. The van der Waals surface area contributed by atoms with Gasteiger partial charge >= 0.3 is 0 Å². The number of isocyanates is 1. The maximum Gasteiger partial charge on any atom is 0.235 e. The van der Waals surface area contributed by atoms with Crippen LogP contribution in [-0.4, -0.2) is 11.6 Å². The maximum absolute atomic E-state index is 12.4. The third-order valence-electron chi connectivity index (χ3n) is 1.61. The van der Waals surface area contributed by atoms with Crippen LogP contribution in [0.25, 0.3) is 0 Å². The zero-order valence-electron chi connectivity index (χ0n) is 6.17. The van der Waals surface area contributed by atoms with Crippen LogP contribution in [0, 0.1) is 0 Å². The summed E-state index contributed by atoms with van der Waals surface area (Å²) < 4.78 is 12.4. The van der Waals surface area contributed by atoms with Gasteiger partial charge in [0.2, 0.25) is 6.08 Å². The van der Waals surface area contributed by atoms with E-state index in [9.17, 15) is 9.18 Å². The summed E-state index contributed by atoms with van der Waals surface area (Å²) in [6.45, 7) is 1.75. The van der Waals surface area contributed by atoms with E-state index >= 15 is 0 Å². The molecule has 11 heavy (non-hydrogen) atoms. The SMILES string of the molecule is CC1(N=C=O)C=CC(F)=CC1. The van der Waals surface area contributed by atoms with Gasteiger partial charge in [-0.2, -0.15) is 4.99 Å². The number of aliphatic imine (C=N–C) groups is 1. The molecule has 0 aromatic heterocycles. The minimum Gasteiger partial charge on any atom is -0.211 e. The molecule has 0 spiro atoms. The zero-order chi connectivity index (χ0) is 8.32. The minimum atomic E-state index is -0.586. The van der Waals surface area contributed by atoms with E-state index in [-0.39, 0.29) is 5.83 Å². The van der Waals surface area contributed by atoms with Crippen LogP contribution in [0.4, 0.5) is 4.39 Å². The first-order chi connectivity index (χ1) is 5.16. The monoisotopic (exact) mass is 153 g/mol. The van der Waals surface area contributed by atoms with Crippen molar-refractivity contribution in [3.8, 4) is 0 Å². The Bertz CT molecular complexity index is 263. The van der Waals surface area contributed by atoms with Crippen molar-refractivity contribution < 1.29 is 9.18 Å². The molecule has 2 nitrogen and oxygen atoms in total. The Morgan fingerprint density at radius 3 is 3.00 bits per heavy atom. The van der Waals surface area contributed by atoms with Gasteiger partial charge in [0.1, 0.15) is 5.83 Å². The molecule has 1 aliphatic carbocycles. The molecule has 3 heteroatoms. The van der Waals surface area contributed by atoms with E-state index in [2.05, 4.69) is 4.99 Å². The van der Waals surface area contributed by atoms with Gasteiger partial charge in [-0.3, -0.25) is 0 Å². The van der Waals surface area contributed by atoms with Crippen LogP contribution in [0.15, 0.2) is 29.0 Å². The number of halogens is 1. The van der Waals surface area contributed by atoms with Crippen molar-refractivity contribution in [2.45, 2.75) is 18.9 Å². The lowest BCUT2D eigenvalue weighted by molar-refractivity contribution is 0.529. The number of allylic oxidation sites excluding steroid dienone is 2. The molecular formula is C8H8FNO. The summed E-state index contributed by atoms with van der Waals surface area (Å²) in [5, 5.41) is 0. The lowest BCUT2D eigenvalue weighted by atomic mass is 9.94. The Kier molecular flexibility index (Phi) is 2.01. The Labute approximate surface area is 64.1 Å². The predicted molar refractivity (Wildman–Crippen MR) is 39.5 cm³/mol. The molecular weight excluding hydrogens is 145 g/mol. The molecule has 0 radical (unpaired) electrons. The average molecular weight is 153 g/mol. The second kappa shape index (κ2) is 2.81. The van der Waals surface area contributed by atoms with Gasteiger partial charge < -0.3 is 0 Å². The number of carbonyl (C=O) groups excluding carboxylic acids is 1. The lowest BCUT2D eigenvalue weighted by Crippen LogP contribution is -2.19. The van der Waals surface area contributed by atoms with Gasteiger partial charge in [-0.15, -0.1) is 0 Å². The zero-order valence-corrected chi connectivity index (χ0v) is 6.17. The second-order valence-corrected chi connectivity index (χ2v) is 2.69. The molecule has 0 heterocycles. The number of hydrogen-bond acceptors (Lipinski definition) is 2. The summed E-state index contributed by atoms with van der Waals surface area (Å²) in [7, 11) is 0. The molecule has 1 atom stereocenters. The number of hydrogen-bond donors (Lipinski definition) is 0. The van der Waals surface area contributed by atoms with Crippen LogP contribution in [-0.2, 0) is 4.79 Å². The topological polar surface area (TPSA) is 29.4 Å². The van der Waals surface area contributed by atoms with E-state index in [0.717, 1.165) is 0 Å². The standard InChI is InChI=1S/C8H8FNO/c1-8(10-6-11)4-2-7(9)3-5-8/h2-4H,5H2,1H3. The maximum atomic E-state index is 12.4. The molecule has 0 aromatic carbocycles. The fraction of sp³-hybridized carbons (Fsp3) is 0.375. The Morgan fingerprint density at radius 1 is 1.82 bits per heavy atom. The average Bonchev–Trinajstić information content (AvgIpc) is 1.97. The van der Waals surface area contributed by atoms with Crippen molar-refractivity contribution in [2.24, 2.45) is 4.99 Å². The molecule has 1 unspecified atom stereocenters. The highest BCUT2D eigenvalue weighted by molar-refractivity contribution is 5.38. The Balaban J connectivity index is 2.81. The highest BCUT2D eigenvalue weighted by Crippen LogP contribution is 2.24. The summed E-state index contributed by atoms with van der Waals surface area (Å²) in [5.74, 6) is -0.274. The van der Waals surface area contributed by atoms with Gasteiger partial charge in [0, 0.05) is 0 Å². The van der Waals surface area contributed by atoms with Gasteiger partial charge in [0.05, 0.1) is 5.54 Å². The molecule has 0 N–H and O–H groups in total. The molecule has 1 aliphatic rings. The van der Waals surface area contributed by atoms with E-state index in [1.165, 1.54) is 18.2 Å². The van der Waals surface area contributed by atoms with Crippen molar-refractivity contribution in [1.82, 2.24) is 0 Å². The third kappa shape index (κ3) is 1.85. The summed E-state index contributed by atoms with van der Waals surface area (Å²) in [6.07, 6.45) is 6.16. The third-order valence-corrected chi connectivity index (χ3v) is 1.61. The quantitative estimate of drug-likeness (QED) is 0.418. The molecule has 0 saturated heterocycles. The van der Waals surface area contributed by atoms with Gasteiger partial charge in [0.15, 0.2) is 0 Å². The fourth-order valence-corrected chi connectivity index (χ4v) is 0.887. The van der Waals surface area contributed by atoms with Crippen LogP contribution in [0.5, 0.6) is 0 Å². The van der Waals surface area contributed by atoms with Crippen LogP contribution < -0.4 is 0 Å². The van der Waals surface area contributed by atoms with Crippen LogP contribution in [0.2, 0.25) is 0 Å². The van der Waals surface area contributed by atoms with E-state index in [4.69, 9.17) is 0 Å². The highest BCUT2D eigenvalue weighted by Gasteiger charge is 2.21. The molecule has 0 amide bonds. The van der Waals surface area contributed by atoms with Crippen molar-refractivity contribution in [2.75, 3.05) is 0 Å². The Hall–Kier alpha value is -1.21. The fourth-order valence-electron chi connectivity index (χ4n) is 0.887. The van der Waals surface area contributed by atoms with Crippen LogP contribution in [0.1, 0.15) is 13.3 Å². The van der Waals surface area contributed by atoms with Crippen molar-refractivity contribution in [3.05, 3.63) is 24.1 Å². The van der Waals surface area contributed by atoms with E-state index < -0.39 is 5.54 Å². The molecule has 0 fully saturated rings. The first kappa shape index (κ1) is 7.89. The summed E-state index contributed by atoms with van der Waals surface area (Å²) >= 11 is 0. The molecule has 0 saturated carbocycles. The summed E-state index contributed by atoms with van der Waals surface area (Å²) in [6, 6.07) is 0. The van der Waals surface area contributed by atoms with Gasteiger partial charge in [-0.25, -0.2) is 9.18 Å². The largest absolute Gasteiger partial charge is 0.235 e.